The molecule has 0 saturated heterocycles. The number of benzene rings is 4. The standard InChI is InChI=1S/C28H18O/c1-2-6-18-17(5-1)27-19-7-3-4-8-20(19)28(18)24-14-16-12-22-21(11-15(16)13-23(24)27)25-9-10-26(22)29-25/h1-14,25-28H/t25-,26+,27?,28?. The molecule has 4 aromatic carbocycles. The molecular weight excluding hydrogens is 352 g/mol. The summed E-state index contributed by atoms with van der Waals surface area (Å²) in [5.41, 5.74) is 11.6. The van der Waals surface area contributed by atoms with Crippen molar-refractivity contribution in [3.8, 4) is 0 Å². The first-order valence-corrected chi connectivity index (χ1v) is 10.5. The highest BCUT2D eigenvalue weighted by Gasteiger charge is 2.41. The van der Waals surface area contributed by atoms with Crippen LogP contribution in [0.15, 0.2) is 84.9 Å². The minimum Gasteiger partial charge on any atom is -0.357 e. The predicted molar refractivity (Wildman–Crippen MR) is 114 cm³/mol. The van der Waals surface area contributed by atoms with Crippen LogP contribution < -0.4 is 0 Å². The maximum atomic E-state index is 6.08. The second-order valence-electron chi connectivity index (χ2n) is 8.80. The van der Waals surface area contributed by atoms with E-state index in [1.54, 1.807) is 0 Å². The number of hydrogen-bond donors (Lipinski definition) is 0. The van der Waals surface area contributed by atoms with Crippen LogP contribution in [0.25, 0.3) is 10.8 Å². The summed E-state index contributed by atoms with van der Waals surface area (Å²) in [6.07, 6.45) is 4.69. The summed E-state index contributed by atoms with van der Waals surface area (Å²) in [6.45, 7) is 0. The van der Waals surface area contributed by atoms with Crippen LogP contribution in [0.1, 0.15) is 68.6 Å². The molecule has 29 heavy (non-hydrogen) atoms. The summed E-state index contributed by atoms with van der Waals surface area (Å²) in [7, 11) is 0. The Labute approximate surface area is 169 Å². The summed E-state index contributed by atoms with van der Waals surface area (Å²) in [6, 6.07) is 27.8. The van der Waals surface area contributed by atoms with E-state index in [4.69, 9.17) is 4.74 Å². The average Bonchev–Trinajstić information content (AvgIpc) is 3.38. The average molecular weight is 370 g/mol. The Kier molecular flexibility index (Phi) is 2.48. The summed E-state index contributed by atoms with van der Waals surface area (Å²) in [5, 5.41) is 2.68. The molecule has 0 aromatic heterocycles. The van der Waals surface area contributed by atoms with Crippen LogP contribution in [-0.2, 0) is 4.74 Å². The van der Waals surface area contributed by atoms with E-state index in [1.807, 2.05) is 0 Å². The summed E-state index contributed by atoms with van der Waals surface area (Å²) in [4.78, 5) is 0. The number of ether oxygens (including phenoxy) is 1. The highest BCUT2D eigenvalue weighted by molar-refractivity contribution is 5.89. The molecule has 0 radical (unpaired) electrons. The lowest BCUT2D eigenvalue weighted by atomic mass is 9.61. The zero-order valence-corrected chi connectivity index (χ0v) is 15.8. The van der Waals surface area contributed by atoms with E-state index in [1.165, 1.54) is 55.3 Å². The highest BCUT2D eigenvalue weighted by atomic mass is 16.5. The van der Waals surface area contributed by atoms with Gasteiger partial charge in [0.1, 0.15) is 12.2 Å². The Bertz CT molecular complexity index is 1260. The molecule has 5 aliphatic rings. The van der Waals surface area contributed by atoms with Gasteiger partial charge in [0.25, 0.3) is 0 Å². The lowest BCUT2D eigenvalue weighted by molar-refractivity contribution is 0.0879. The maximum absolute atomic E-state index is 6.08. The van der Waals surface area contributed by atoms with Gasteiger partial charge < -0.3 is 4.74 Å². The zero-order valence-electron chi connectivity index (χ0n) is 15.8. The van der Waals surface area contributed by atoms with Crippen LogP contribution in [0.5, 0.6) is 0 Å². The first-order valence-electron chi connectivity index (χ1n) is 10.5. The highest BCUT2D eigenvalue weighted by Crippen LogP contribution is 2.56. The number of fused-ring (bicyclic) bond motifs is 6. The lowest BCUT2D eigenvalue weighted by Crippen LogP contribution is -2.27. The Morgan fingerprint density at radius 2 is 0.828 bits per heavy atom. The summed E-state index contributed by atoms with van der Waals surface area (Å²) >= 11 is 0. The summed E-state index contributed by atoms with van der Waals surface area (Å²) in [5.74, 6) is 0.681. The molecule has 0 amide bonds. The van der Waals surface area contributed by atoms with Crippen LogP contribution >= 0.6 is 0 Å². The Morgan fingerprint density at radius 1 is 0.448 bits per heavy atom. The zero-order chi connectivity index (χ0) is 18.7. The fourth-order valence-corrected chi connectivity index (χ4v) is 6.30. The van der Waals surface area contributed by atoms with E-state index in [9.17, 15) is 0 Å². The second kappa shape index (κ2) is 4.87. The molecule has 1 heteroatoms. The third-order valence-corrected chi connectivity index (χ3v) is 7.47. The van der Waals surface area contributed by atoms with Crippen LogP contribution in [-0.4, -0.2) is 0 Å². The third kappa shape index (κ3) is 1.68. The van der Waals surface area contributed by atoms with Gasteiger partial charge in [0.15, 0.2) is 0 Å². The number of hydrogen-bond acceptors (Lipinski definition) is 1. The van der Waals surface area contributed by atoms with Crippen molar-refractivity contribution in [2.24, 2.45) is 0 Å². The van der Waals surface area contributed by atoms with E-state index >= 15 is 0 Å². The van der Waals surface area contributed by atoms with Crippen molar-refractivity contribution in [2.45, 2.75) is 24.0 Å². The van der Waals surface area contributed by atoms with E-state index in [-0.39, 0.29) is 12.2 Å². The van der Waals surface area contributed by atoms with Crippen LogP contribution in [0.3, 0.4) is 0 Å². The molecule has 9 rings (SSSR count). The molecule has 0 fully saturated rings. The minimum absolute atomic E-state index is 0.147. The molecule has 136 valence electrons. The van der Waals surface area contributed by atoms with Gasteiger partial charge >= 0.3 is 0 Å². The minimum atomic E-state index is 0.147. The van der Waals surface area contributed by atoms with Crippen molar-refractivity contribution in [3.63, 3.8) is 0 Å². The molecule has 0 spiro atoms. The van der Waals surface area contributed by atoms with Gasteiger partial charge in [-0.15, -0.1) is 0 Å². The van der Waals surface area contributed by atoms with Crippen molar-refractivity contribution in [1.29, 1.82) is 0 Å². The van der Waals surface area contributed by atoms with Gasteiger partial charge in [-0.2, -0.15) is 0 Å². The monoisotopic (exact) mass is 370 g/mol. The first kappa shape index (κ1) is 14.8. The smallest absolute Gasteiger partial charge is 0.102 e. The van der Waals surface area contributed by atoms with E-state index in [0.29, 0.717) is 11.8 Å². The van der Waals surface area contributed by atoms with Crippen LogP contribution in [0, 0.1) is 0 Å². The molecule has 0 unspecified atom stereocenters. The fourth-order valence-electron chi connectivity index (χ4n) is 6.30. The molecule has 0 N–H and O–H groups in total. The van der Waals surface area contributed by atoms with Gasteiger partial charge in [0.05, 0.1) is 0 Å². The van der Waals surface area contributed by atoms with Crippen molar-refractivity contribution in [1.82, 2.24) is 0 Å². The van der Waals surface area contributed by atoms with Crippen LogP contribution in [0.2, 0.25) is 0 Å². The van der Waals surface area contributed by atoms with Crippen molar-refractivity contribution >= 4 is 10.8 Å². The van der Waals surface area contributed by atoms with Crippen molar-refractivity contribution < 1.29 is 4.74 Å². The van der Waals surface area contributed by atoms with E-state index in [0.717, 1.165) is 0 Å². The fraction of sp³-hybridized carbons (Fsp3) is 0.143. The Hall–Kier alpha value is -3.16. The first-order chi connectivity index (χ1) is 14.4. The normalized spacial score (nSPS) is 26.3. The molecule has 4 aromatic rings. The molecule has 2 heterocycles. The van der Waals surface area contributed by atoms with E-state index in [2.05, 4.69) is 84.9 Å². The molecule has 1 nitrogen and oxygen atoms in total. The lowest BCUT2D eigenvalue weighted by Gasteiger charge is -2.42. The molecule has 2 atom stereocenters. The third-order valence-electron chi connectivity index (χ3n) is 7.47. The molecule has 0 saturated carbocycles. The second-order valence-corrected chi connectivity index (χ2v) is 8.80. The van der Waals surface area contributed by atoms with Gasteiger partial charge in [-0.3, -0.25) is 0 Å². The molecule has 2 aliphatic heterocycles. The molecular formula is C28H18O. The SMILES string of the molecule is C1=C[C@H]2O[C@@H]1c1cc3cc4c(cc3cc12)C1c2ccccc2C4c2ccccc21. The Morgan fingerprint density at radius 3 is 1.24 bits per heavy atom. The predicted octanol–water partition coefficient (Wildman–Crippen LogP) is 6.51. The van der Waals surface area contributed by atoms with Gasteiger partial charge in [-0.25, -0.2) is 0 Å². The molecule has 3 aliphatic carbocycles. The van der Waals surface area contributed by atoms with Crippen LogP contribution in [0.4, 0.5) is 0 Å². The topological polar surface area (TPSA) is 9.23 Å². The largest absolute Gasteiger partial charge is 0.357 e. The quantitative estimate of drug-likeness (QED) is 0.277. The van der Waals surface area contributed by atoms with Crippen molar-refractivity contribution in [2.75, 3.05) is 0 Å². The Balaban J connectivity index is 1.45. The number of rotatable bonds is 0. The molecule has 4 bridgehead atoms. The van der Waals surface area contributed by atoms with Crippen molar-refractivity contribution in [3.05, 3.63) is 129 Å². The maximum Gasteiger partial charge on any atom is 0.102 e. The van der Waals surface area contributed by atoms with E-state index < -0.39 is 0 Å². The summed E-state index contributed by atoms with van der Waals surface area (Å²) < 4.78 is 6.08. The van der Waals surface area contributed by atoms with Gasteiger partial charge in [0.2, 0.25) is 0 Å². The van der Waals surface area contributed by atoms with Gasteiger partial charge in [0, 0.05) is 11.8 Å². The van der Waals surface area contributed by atoms with Gasteiger partial charge in [-0.1, -0.05) is 60.7 Å². The van der Waals surface area contributed by atoms with Gasteiger partial charge in [-0.05, 0) is 79.5 Å².